The summed E-state index contributed by atoms with van der Waals surface area (Å²) in [6, 6.07) is 1.09. The molecule has 0 aliphatic heterocycles. The fourth-order valence-electron chi connectivity index (χ4n) is 3.29. The van der Waals surface area contributed by atoms with Crippen LogP contribution in [0.5, 0.6) is 11.8 Å². The van der Waals surface area contributed by atoms with Gasteiger partial charge in [-0.1, -0.05) is 0 Å². The van der Waals surface area contributed by atoms with Crippen molar-refractivity contribution in [3.63, 3.8) is 0 Å². The Morgan fingerprint density at radius 3 is 2.55 bits per heavy atom. The molecule has 0 amide bonds. The molecule has 3 aromatic rings. The summed E-state index contributed by atoms with van der Waals surface area (Å²) in [6.07, 6.45) is -2.90. The van der Waals surface area contributed by atoms with Crippen LogP contribution in [0.3, 0.4) is 0 Å². The van der Waals surface area contributed by atoms with Crippen molar-refractivity contribution in [3.8, 4) is 11.8 Å². The summed E-state index contributed by atoms with van der Waals surface area (Å²) in [4.78, 5) is 11.7. The quantitative estimate of drug-likeness (QED) is 0.640. The first-order valence-electron chi connectivity index (χ1n) is 8.72. The first-order chi connectivity index (χ1) is 13.6. The van der Waals surface area contributed by atoms with E-state index in [9.17, 15) is 22.0 Å². The molecule has 4 rings (SSSR count). The second-order valence-electron chi connectivity index (χ2n) is 6.78. The predicted molar refractivity (Wildman–Crippen MR) is 91.5 cm³/mol. The molecule has 0 atom stereocenters. The third kappa shape index (κ3) is 3.78. The molecule has 154 valence electrons. The van der Waals surface area contributed by atoms with Crippen molar-refractivity contribution in [2.45, 2.75) is 43.8 Å². The molecular weight excluding hydrogens is 399 g/mol. The van der Waals surface area contributed by atoms with Gasteiger partial charge in [0, 0.05) is 25.1 Å². The fourth-order valence-corrected chi connectivity index (χ4v) is 3.29. The van der Waals surface area contributed by atoms with Crippen LogP contribution in [-0.2, 0) is 6.18 Å². The molecule has 1 aliphatic rings. The molecule has 29 heavy (non-hydrogen) atoms. The maximum Gasteiger partial charge on any atom is 0.416 e. The topological polar surface area (TPSA) is 91.7 Å². The number of pyridine rings is 1. The minimum Gasteiger partial charge on any atom is -0.420 e. The van der Waals surface area contributed by atoms with Crippen molar-refractivity contribution in [1.82, 2.24) is 24.7 Å². The third-order valence-corrected chi connectivity index (χ3v) is 4.78. The first-order valence-corrected chi connectivity index (χ1v) is 8.72. The van der Waals surface area contributed by atoms with Gasteiger partial charge in [0.2, 0.25) is 17.7 Å². The second-order valence-corrected chi connectivity index (χ2v) is 6.78. The molecule has 0 spiro atoms. The summed E-state index contributed by atoms with van der Waals surface area (Å²) in [5.74, 6) is -3.12. The Labute approximate surface area is 160 Å². The maximum atomic E-state index is 13.5. The minimum atomic E-state index is -4.58. The summed E-state index contributed by atoms with van der Waals surface area (Å²) in [7, 11) is 0. The number of halogens is 5. The smallest absolute Gasteiger partial charge is 0.416 e. The number of hydrogen-bond acceptors (Lipinski definition) is 6. The molecule has 3 aromatic heterocycles. The Hall–Kier alpha value is -3.05. The molecule has 0 saturated heterocycles. The molecular formula is C17H15F5N6O. The largest absolute Gasteiger partial charge is 0.420 e. The molecule has 0 aromatic carbocycles. The number of ether oxygens (including phenoxy) is 1. The lowest BCUT2D eigenvalue weighted by molar-refractivity contribution is -0.137. The van der Waals surface area contributed by atoms with Crippen LogP contribution in [0.1, 0.15) is 37.3 Å². The van der Waals surface area contributed by atoms with Gasteiger partial charge >= 0.3 is 6.18 Å². The van der Waals surface area contributed by atoms with Crippen LogP contribution in [0.25, 0.3) is 11.0 Å². The van der Waals surface area contributed by atoms with Crippen molar-refractivity contribution < 1.29 is 26.7 Å². The van der Waals surface area contributed by atoms with Crippen LogP contribution >= 0.6 is 0 Å². The zero-order valence-corrected chi connectivity index (χ0v) is 14.8. The van der Waals surface area contributed by atoms with E-state index in [1.165, 1.54) is 11.0 Å². The number of nitrogens with zero attached hydrogens (tertiary/aromatic N) is 5. The minimum absolute atomic E-state index is 0.00404. The van der Waals surface area contributed by atoms with Crippen LogP contribution in [0, 0.1) is 0 Å². The standard InChI is InChI=1S/C17H15F5N6O/c18-16(19)4-1-10(2-5-16)28-15(12-13(23)25-8-26-14(12)27-28)29-11-7-9(3-6-24-11)17(20,21)22/h3,6-8,10H,1-2,4-5H2,(H2,23,25,26,27). The van der Waals surface area contributed by atoms with Gasteiger partial charge < -0.3 is 10.5 Å². The molecule has 0 bridgehead atoms. The Bertz CT molecular complexity index is 1040. The van der Waals surface area contributed by atoms with Gasteiger partial charge in [0.15, 0.2) is 5.65 Å². The lowest BCUT2D eigenvalue weighted by Gasteiger charge is -2.29. The van der Waals surface area contributed by atoms with Crippen LogP contribution < -0.4 is 10.5 Å². The van der Waals surface area contributed by atoms with Gasteiger partial charge in [-0.25, -0.2) is 28.4 Å². The van der Waals surface area contributed by atoms with Crippen molar-refractivity contribution in [3.05, 3.63) is 30.2 Å². The first kappa shape index (κ1) is 19.3. The van der Waals surface area contributed by atoms with Gasteiger partial charge in [-0.15, -0.1) is 5.10 Å². The average Bonchev–Trinajstić information content (AvgIpc) is 3.01. The highest BCUT2D eigenvalue weighted by Crippen LogP contribution is 2.42. The van der Waals surface area contributed by atoms with E-state index in [1.54, 1.807) is 0 Å². The highest BCUT2D eigenvalue weighted by molar-refractivity contribution is 5.90. The maximum absolute atomic E-state index is 13.5. The van der Waals surface area contributed by atoms with Crippen molar-refractivity contribution >= 4 is 16.9 Å². The van der Waals surface area contributed by atoms with Crippen LogP contribution in [-0.4, -0.2) is 30.7 Å². The van der Waals surface area contributed by atoms with E-state index < -0.39 is 23.7 Å². The number of aromatic nitrogens is 5. The Balaban J connectivity index is 1.77. The molecule has 0 unspecified atom stereocenters. The molecule has 7 nitrogen and oxygen atoms in total. The van der Waals surface area contributed by atoms with E-state index in [1.807, 2.05) is 0 Å². The SMILES string of the molecule is Nc1ncnc2nn(C3CCC(F)(F)CC3)c(Oc3cc(C(F)(F)F)ccn3)c12. The van der Waals surface area contributed by atoms with Gasteiger partial charge in [0.05, 0.1) is 11.6 Å². The van der Waals surface area contributed by atoms with E-state index in [4.69, 9.17) is 10.5 Å². The highest BCUT2D eigenvalue weighted by Gasteiger charge is 2.37. The number of rotatable bonds is 3. The summed E-state index contributed by atoms with van der Waals surface area (Å²) in [5.41, 5.74) is 5.10. The summed E-state index contributed by atoms with van der Waals surface area (Å²) >= 11 is 0. The Morgan fingerprint density at radius 2 is 1.86 bits per heavy atom. The van der Waals surface area contributed by atoms with Gasteiger partial charge in [-0.05, 0) is 18.9 Å². The monoisotopic (exact) mass is 414 g/mol. The van der Waals surface area contributed by atoms with Crippen LogP contribution in [0.2, 0.25) is 0 Å². The zero-order valence-electron chi connectivity index (χ0n) is 14.8. The lowest BCUT2D eigenvalue weighted by atomic mass is 9.92. The number of fused-ring (bicyclic) bond motifs is 1. The zero-order chi connectivity index (χ0) is 20.8. The molecule has 1 saturated carbocycles. The highest BCUT2D eigenvalue weighted by atomic mass is 19.4. The van der Waals surface area contributed by atoms with Gasteiger partial charge in [0.25, 0.3) is 0 Å². The van der Waals surface area contributed by atoms with Gasteiger partial charge in [-0.3, -0.25) is 0 Å². The molecule has 3 heterocycles. The number of hydrogen-bond donors (Lipinski definition) is 1. The predicted octanol–water partition coefficient (Wildman–Crippen LogP) is 4.37. The molecule has 2 N–H and O–H groups in total. The van der Waals surface area contributed by atoms with E-state index >= 15 is 0 Å². The lowest BCUT2D eigenvalue weighted by Crippen LogP contribution is -2.27. The molecule has 1 aliphatic carbocycles. The Kier molecular flexibility index (Phi) is 4.50. The van der Waals surface area contributed by atoms with Crippen LogP contribution in [0.4, 0.5) is 27.8 Å². The van der Waals surface area contributed by atoms with Gasteiger partial charge in [0.1, 0.15) is 17.5 Å². The molecule has 12 heteroatoms. The molecule has 0 radical (unpaired) electrons. The number of anilines is 1. The van der Waals surface area contributed by atoms with Gasteiger partial charge in [-0.2, -0.15) is 13.2 Å². The average molecular weight is 414 g/mol. The second kappa shape index (κ2) is 6.78. The van der Waals surface area contributed by atoms with Crippen molar-refractivity contribution in [2.75, 3.05) is 5.73 Å². The Morgan fingerprint density at radius 1 is 1.14 bits per heavy atom. The third-order valence-electron chi connectivity index (χ3n) is 4.78. The summed E-state index contributed by atoms with van der Waals surface area (Å²) < 4.78 is 73.0. The van der Waals surface area contributed by atoms with E-state index in [0.717, 1.165) is 18.3 Å². The number of alkyl halides is 5. The van der Waals surface area contributed by atoms with Crippen molar-refractivity contribution in [1.29, 1.82) is 0 Å². The normalized spacial score (nSPS) is 17.6. The van der Waals surface area contributed by atoms with E-state index in [-0.39, 0.29) is 54.3 Å². The summed E-state index contributed by atoms with van der Waals surface area (Å²) in [5, 5.41) is 4.46. The summed E-state index contributed by atoms with van der Waals surface area (Å²) in [6.45, 7) is 0. The van der Waals surface area contributed by atoms with E-state index in [0.29, 0.717) is 0 Å². The number of nitrogen functional groups attached to an aromatic ring is 1. The van der Waals surface area contributed by atoms with Crippen LogP contribution in [0.15, 0.2) is 24.7 Å². The van der Waals surface area contributed by atoms with Crippen molar-refractivity contribution in [2.24, 2.45) is 0 Å². The molecule has 1 fully saturated rings. The van der Waals surface area contributed by atoms with E-state index in [2.05, 4.69) is 20.1 Å². The number of nitrogens with two attached hydrogens (primary N) is 1. The fraction of sp³-hybridized carbons (Fsp3) is 0.412.